The number of fused-ring (bicyclic) bond motifs is 1. The first-order valence-electron chi connectivity index (χ1n) is 14.5. The summed E-state index contributed by atoms with van der Waals surface area (Å²) in [6.07, 6.45) is 14.8. The van der Waals surface area contributed by atoms with Crippen molar-refractivity contribution in [3.05, 3.63) is 89.3 Å². The monoisotopic (exact) mass is 541 g/mol. The minimum atomic E-state index is -0.504. The van der Waals surface area contributed by atoms with Gasteiger partial charge >= 0.3 is 0 Å². The predicted octanol–water partition coefficient (Wildman–Crippen LogP) is 4.22. The van der Waals surface area contributed by atoms with Gasteiger partial charge in [-0.3, -0.25) is 19.8 Å². The molecule has 1 unspecified atom stereocenters. The molecular formula is C32H39N5O3. The van der Waals surface area contributed by atoms with E-state index in [-0.39, 0.29) is 0 Å². The van der Waals surface area contributed by atoms with E-state index < -0.39 is 5.91 Å². The average molecular weight is 542 g/mol. The third kappa shape index (κ3) is 6.20. The number of carbonyl (C=O) groups excluding carboxylic acids is 1. The Kier molecular flexibility index (Phi) is 8.39. The fourth-order valence-corrected chi connectivity index (χ4v) is 6.36. The first-order chi connectivity index (χ1) is 19.7. The molecule has 3 aromatic rings. The zero-order valence-electron chi connectivity index (χ0n) is 23.0. The molecule has 2 aliphatic heterocycles. The molecule has 4 heterocycles. The zero-order valence-corrected chi connectivity index (χ0v) is 23.0. The Morgan fingerprint density at radius 3 is 2.52 bits per heavy atom. The van der Waals surface area contributed by atoms with E-state index in [1.54, 1.807) is 17.6 Å². The number of allylic oxidation sites excluding steroid dienone is 1. The molecule has 2 aromatic heterocycles. The molecule has 1 atom stereocenters. The highest BCUT2D eigenvalue weighted by atomic mass is 16.5. The van der Waals surface area contributed by atoms with Crippen LogP contribution in [0.4, 0.5) is 0 Å². The first kappa shape index (κ1) is 26.9. The second kappa shape index (κ2) is 12.5. The third-order valence-electron chi connectivity index (χ3n) is 8.66. The summed E-state index contributed by atoms with van der Waals surface area (Å²) < 4.78 is 7.65. The molecule has 1 aliphatic carbocycles. The molecule has 210 valence electrons. The van der Waals surface area contributed by atoms with Crippen LogP contribution in [0.25, 0.3) is 11.0 Å². The number of amides is 1. The molecule has 1 aromatic carbocycles. The Morgan fingerprint density at radius 2 is 1.80 bits per heavy atom. The second-order valence-electron chi connectivity index (χ2n) is 11.3. The number of pyridine rings is 1. The van der Waals surface area contributed by atoms with Gasteiger partial charge in [-0.25, -0.2) is 10.5 Å². The summed E-state index contributed by atoms with van der Waals surface area (Å²) in [5, 5.41) is 10.1. The van der Waals surface area contributed by atoms with Gasteiger partial charge in [-0.2, -0.15) is 0 Å². The van der Waals surface area contributed by atoms with E-state index in [9.17, 15) is 4.79 Å². The number of hydrogen-bond acceptors (Lipinski definition) is 6. The molecule has 8 nitrogen and oxygen atoms in total. The largest absolute Gasteiger partial charge is 0.379 e. The van der Waals surface area contributed by atoms with Crippen molar-refractivity contribution in [3.63, 3.8) is 0 Å². The Morgan fingerprint density at radius 1 is 1.00 bits per heavy atom. The molecule has 0 radical (unpaired) electrons. The molecule has 3 aliphatic rings. The Labute approximate surface area is 235 Å². The summed E-state index contributed by atoms with van der Waals surface area (Å²) in [5.74, 6) is 0.666. The quantitative estimate of drug-likeness (QED) is 0.328. The van der Waals surface area contributed by atoms with E-state index in [4.69, 9.17) is 14.9 Å². The number of hydroxylamine groups is 1. The van der Waals surface area contributed by atoms with Crippen molar-refractivity contribution in [2.24, 2.45) is 5.92 Å². The van der Waals surface area contributed by atoms with Gasteiger partial charge in [-0.1, -0.05) is 30.4 Å². The smallest absolute Gasteiger partial charge is 0.274 e. The van der Waals surface area contributed by atoms with Crippen LogP contribution in [0.5, 0.6) is 0 Å². The highest BCUT2D eigenvalue weighted by molar-refractivity contribution is 5.93. The van der Waals surface area contributed by atoms with Gasteiger partial charge in [0.05, 0.1) is 13.2 Å². The maximum atomic E-state index is 11.6. The maximum Gasteiger partial charge on any atom is 0.274 e. The normalized spacial score (nSPS) is 21.0. The number of ether oxygens (including phenoxy) is 1. The van der Waals surface area contributed by atoms with Crippen molar-refractivity contribution in [1.82, 2.24) is 24.8 Å². The molecule has 1 amide bonds. The standard InChI is InChI=1S/C32H39N5O3/c38-32(34-39)28-7-5-26(6-8-28)23-37-16-12-30-29(9-13-33-31(30)37)27-10-14-35(15-11-27)21-24-1-3-25(4-2-24)22-36-17-19-40-20-18-36/h1-3,5-9,12-13,16,25,27,39H,4,10-11,14-15,17-23H2,(H,34,38). The minimum absolute atomic E-state index is 0.430. The van der Waals surface area contributed by atoms with Crippen molar-refractivity contribution < 1.29 is 14.7 Å². The number of nitrogens with one attached hydrogen (secondary N) is 1. The maximum absolute atomic E-state index is 11.6. The number of nitrogens with zero attached hydrogens (tertiary/aromatic N) is 4. The van der Waals surface area contributed by atoms with Crippen molar-refractivity contribution in [2.45, 2.75) is 31.7 Å². The Bertz CT molecular complexity index is 1360. The van der Waals surface area contributed by atoms with Crippen LogP contribution in [0.1, 0.15) is 46.7 Å². The lowest BCUT2D eigenvalue weighted by Gasteiger charge is -2.33. The van der Waals surface area contributed by atoms with E-state index in [0.717, 1.165) is 83.0 Å². The van der Waals surface area contributed by atoms with E-state index >= 15 is 0 Å². The molecule has 0 saturated carbocycles. The van der Waals surface area contributed by atoms with Crippen molar-refractivity contribution in [1.29, 1.82) is 0 Å². The second-order valence-corrected chi connectivity index (χ2v) is 11.3. The van der Waals surface area contributed by atoms with Gasteiger partial charge in [0.15, 0.2) is 0 Å². The lowest BCUT2D eigenvalue weighted by molar-refractivity contribution is 0.0335. The minimum Gasteiger partial charge on any atom is -0.379 e. The third-order valence-corrected chi connectivity index (χ3v) is 8.66. The van der Waals surface area contributed by atoms with Gasteiger partial charge in [-0.15, -0.1) is 0 Å². The van der Waals surface area contributed by atoms with Crippen LogP contribution in [-0.4, -0.2) is 82.9 Å². The van der Waals surface area contributed by atoms with Crippen molar-refractivity contribution in [3.8, 4) is 0 Å². The molecule has 2 fully saturated rings. The molecule has 6 rings (SSSR count). The van der Waals surface area contributed by atoms with Gasteiger partial charge in [0.25, 0.3) is 5.91 Å². The van der Waals surface area contributed by atoms with Crippen LogP contribution in [-0.2, 0) is 11.3 Å². The van der Waals surface area contributed by atoms with Crippen LogP contribution < -0.4 is 5.48 Å². The van der Waals surface area contributed by atoms with E-state index in [2.05, 4.69) is 50.9 Å². The summed E-state index contributed by atoms with van der Waals surface area (Å²) in [4.78, 5) is 21.5. The number of aromatic nitrogens is 2. The Balaban J connectivity index is 1.03. The molecule has 0 spiro atoms. The summed E-state index contributed by atoms with van der Waals surface area (Å²) >= 11 is 0. The van der Waals surface area contributed by atoms with Crippen LogP contribution in [0, 0.1) is 5.92 Å². The molecule has 2 N–H and O–H groups in total. The van der Waals surface area contributed by atoms with Crippen molar-refractivity contribution in [2.75, 3.05) is 52.5 Å². The number of likely N-dealkylation sites (tertiary alicyclic amines) is 1. The summed E-state index contributed by atoms with van der Waals surface area (Å²) in [7, 11) is 0. The average Bonchev–Trinajstić information content (AvgIpc) is 3.42. The topological polar surface area (TPSA) is 82.9 Å². The van der Waals surface area contributed by atoms with Crippen LogP contribution in [0.3, 0.4) is 0 Å². The highest BCUT2D eigenvalue weighted by Crippen LogP contribution is 2.33. The number of hydrogen-bond donors (Lipinski definition) is 2. The first-order valence-corrected chi connectivity index (χ1v) is 14.5. The van der Waals surface area contributed by atoms with E-state index in [1.165, 1.54) is 16.5 Å². The fraction of sp³-hybridized carbons (Fsp3) is 0.438. The summed E-state index contributed by atoms with van der Waals surface area (Å²) in [6.45, 7) is 8.96. The van der Waals surface area contributed by atoms with E-state index in [1.807, 2.05) is 18.3 Å². The predicted molar refractivity (Wildman–Crippen MR) is 156 cm³/mol. The number of rotatable bonds is 8. The lowest BCUT2D eigenvalue weighted by Crippen LogP contribution is -2.39. The molecule has 2 saturated heterocycles. The SMILES string of the molecule is O=C(NO)c1ccc(Cn2ccc3c(C4CCN(CC5=CCC(CN6CCOCC6)C=C5)CC4)ccnc32)cc1. The molecular weight excluding hydrogens is 502 g/mol. The van der Waals surface area contributed by atoms with Gasteiger partial charge in [0, 0.05) is 56.1 Å². The van der Waals surface area contributed by atoms with Gasteiger partial charge in [0.2, 0.25) is 0 Å². The van der Waals surface area contributed by atoms with E-state index in [0.29, 0.717) is 23.9 Å². The van der Waals surface area contributed by atoms with Crippen LogP contribution in [0.15, 0.2) is 72.6 Å². The number of piperidine rings is 1. The Hall–Kier alpha value is -3.30. The van der Waals surface area contributed by atoms with Crippen molar-refractivity contribution >= 4 is 16.9 Å². The van der Waals surface area contributed by atoms with Crippen LogP contribution in [0.2, 0.25) is 0 Å². The highest BCUT2D eigenvalue weighted by Gasteiger charge is 2.24. The number of morpholine rings is 1. The fourth-order valence-electron chi connectivity index (χ4n) is 6.36. The van der Waals surface area contributed by atoms with Gasteiger partial charge in [-0.05, 0) is 85.2 Å². The van der Waals surface area contributed by atoms with Gasteiger partial charge < -0.3 is 9.30 Å². The van der Waals surface area contributed by atoms with Crippen LogP contribution >= 0.6 is 0 Å². The number of benzene rings is 1. The molecule has 0 bridgehead atoms. The summed E-state index contributed by atoms with van der Waals surface area (Å²) in [5.41, 5.74) is 7.05. The zero-order chi connectivity index (χ0) is 27.3. The lowest BCUT2D eigenvalue weighted by atomic mass is 9.88. The summed E-state index contributed by atoms with van der Waals surface area (Å²) in [6, 6.07) is 11.7. The molecule has 8 heteroatoms. The van der Waals surface area contributed by atoms with Gasteiger partial charge in [0.1, 0.15) is 5.65 Å². The molecule has 40 heavy (non-hydrogen) atoms. The number of carbonyl (C=O) groups is 1.